The van der Waals surface area contributed by atoms with Crippen LogP contribution in [0, 0.1) is 5.41 Å². The number of carboxylic acids is 1. The molecule has 0 heterocycles. The molecule has 0 aliphatic rings. The molecule has 0 aromatic carbocycles. The Kier molecular flexibility index (Phi) is 6.26. The summed E-state index contributed by atoms with van der Waals surface area (Å²) in [5.74, 6) is -0.684. The summed E-state index contributed by atoms with van der Waals surface area (Å²) in [6.07, 6.45) is 7.57. The lowest BCUT2D eigenvalue weighted by Crippen LogP contribution is -2.06. The van der Waals surface area contributed by atoms with Crippen molar-refractivity contribution in [3.8, 4) is 0 Å². The number of rotatable bonds is 8. The highest BCUT2D eigenvalue weighted by molar-refractivity contribution is 5.66. The van der Waals surface area contributed by atoms with E-state index in [2.05, 4.69) is 20.4 Å². The molecule has 0 spiro atoms. The van der Waals surface area contributed by atoms with Crippen molar-refractivity contribution in [3.63, 3.8) is 0 Å². The molecule has 0 aromatic rings. The second kappa shape index (κ2) is 6.63. The van der Waals surface area contributed by atoms with E-state index < -0.39 is 5.97 Å². The van der Waals surface area contributed by atoms with Gasteiger partial charge in [-0.2, -0.15) is 0 Å². The van der Waals surface area contributed by atoms with Crippen LogP contribution in [0.4, 0.5) is 0 Å². The van der Waals surface area contributed by atoms with E-state index >= 15 is 0 Å². The third-order valence-corrected chi connectivity index (χ3v) is 2.51. The minimum absolute atomic E-state index is 0.229. The van der Waals surface area contributed by atoms with Gasteiger partial charge in [0.25, 0.3) is 0 Å². The standard InChI is InChI=1S/C12H22O2/c1-4-12(2,3)10-8-6-5-7-9-11(13)14/h4H,1,5-10H2,2-3H3,(H,13,14). The molecular formula is C12H22O2. The molecule has 0 bridgehead atoms. The van der Waals surface area contributed by atoms with E-state index in [1.165, 1.54) is 6.42 Å². The van der Waals surface area contributed by atoms with E-state index in [0.29, 0.717) is 6.42 Å². The summed E-state index contributed by atoms with van der Waals surface area (Å²) in [4.78, 5) is 10.2. The smallest absolute Gasteiger partial charge is 0.303 e. The van der Waals surface area contributed by atoms with Crippen LogP contribution in [-0.4, -0.2) is 11.1 Å². The van der Waals surface area contributed by atoms with Crippen LogP contribution in [0.25, 0.3) is 0 Å². The molecule has 0 unspecified atom stereocenters. The average molecular weight is 198 g/mol. The van der Waals surface area contributed by atoms with E-state index in [9.17, 15) is 4.79 Å². The van der Waals surface area contributed by atoms with Crippen LogP contribution in [0.2, 0.25) is 0 Å². The quantitative estimate of drug-likeness (QED) is 0.477. The Morgan fingerprint density at radius 3 is 2.36 bits per heavy atom. The lowest BCUT2D eigenvalue weighted by atomic mass is 9.87. The van der Waals surface area contributed by atoms with Gasteiger partial charge < -0.3 is 5.11 Å². The van der Waals surface area contributed by atoms with Crippen molar-refractivity contribution in [1.82, 2.24) is 0 Å². The highest BCUT2D eigenvalue weighted by Gasteiger charge is 2.11. The second-order valence-electron chi connectivity index (χ2n) is 4.50. The molecule has 0 aliphatic heterocycles. The molecule has 0 rings (SSSR count). The van der Waals surface area contributed by atoms with Crippen molar-refractivity contribution < 1.29 is 9.90 Å². The first-order chi connectivity index (χ1) is 6.48. The summed E-state index contributed by atoms with van der Waals surface area (Å²) < 4.78 is 0. The van der Waals surface area contributed by atoms with E-state index in [0.717, 1.165) is 25.7 Å². The Morgan fingerprint density at radius 2 is 1.86 bits per heavy atom. The summed E-state index contributed by atoms with van der Waals surface area (Å²) in [5, 5.41) is 8.42. The van der Waals surface area contributed by atoms with Gasteiger partial charge in [-0.25, -0.2) is 0 Å². The van der Waals surface area contributed by atoms with Crippen molar-refractivity contribution in [3.05, 3.63) is 12.7 Å². The first-order valence-corrected chi connectivity index (χ1v) is 5.33. The van der Waals surface area contributed by atoms with Crippen molar-refractivity contribution in [1.29, 1.82) is 0 Å². The Hall–Kier alpha value is -0.790. The van der Waals surface area contributed by atoms with Crippen molar-refractivity contribution >= 4 is 5.97 Å². The summed E-state index contributed by atoms with van der Waals surface area (Å²) in [6.45, 7) is 8.15. The Bertz CT molecular complexity index is 183. The minimum atomic E-state index is -0.684. The molecular weight excluding hydrogens is 176 g/mol. The molecule has 0 aliphatic carbocycles. The zero-order chi connectivity index (χ0) is 11.0. The van der Waals surface area contributed by atoms with Gasteiger partial charge in [0.15, 0.2) is 0 Å². The highest BCUT2D eigenvalue weighted by Crippen LogP contribution is 2.24. The molecule has 82 valence electrons. The molecule has 0 saturated heterocycles. The number of aliphatic carboxylic acids is 1. The maximum atomic E-state index is 10.2. The van der Waals surface area contributed by atoms with Crippen molar-refractivity contribution in [2.45, 2.75) is 52.4 Å². The van der Waals surface area contributed by atoms with Gasteiger partial charge in [0, 0.05) is 6.42 Å². The third kappa shape index (κ3) is 7.84. The molecule has 2 heteroatoms. The molecule has 0 aromatic heterocycles. The number of allylic oxidation sites excluding steroid dienone is 1. The molecule has 0 fully saturated rings. The van der Waals surface area contributed by atoms with Crippen molar-refractivity contribution in [2.75, 3.05) is 0 Å². The molecule has 0 atom stereocenters. The van der Waals surface area contributed by atoms with Gasteiger partial charge in [-0.3, -0.25) is 4.79 Å². The fourth-order valence-corrected chi connectivity index (χ4v) is 1.31. The predicted molar refractivity (Wildman–Crippen MR) is 59.3 cm³/mol. The van der Waals surface area contributed by atoms with Crippen LogP contribution in [-0.2, 0) is 4.79 Å². The normalized spacial score (nSPS) is 11.3. The lowest BCUT2D eigenvalue weighted by Gasteiger charge is -2.18. The maximum Gasteiger partial charge on any atom is 0.303 e. The number of hydrogen-bond donors (Lipinski definition) is 1. The van der Waals surface area contributed by atoms with Gasteiger partial charge in [-0.15, -0.1) is 6.58 Å². The highest BCUT2D eigenvalue weighted by atomic mass is 16.4. The fraction of sp³-hybridized carbons (Fsp3) is 0.750. The zero-order valence-corrected chi connectivity index (χ0v) is 9.38. The van der Waals surface area contributed by atoms with E-state index in [1.54, 1.807) is 0 Å². The van der Waals surface area contributed by atoms with Gasteiger partial charge in [0.1, 0.15) is 0 Å². The number of carboxylic acid groups (broad SMARTS) is 1. The fourth-order valence-electron chi connectivity index (χ4n) is 1.31. The molecule has 0 saturated carbocycles. The largest absolute Gasteiger partial charge is 0.481 e. The Labute approximate surface area is 87.0 Å². The lowest BCUT2D eigenvalue weighted by molar-refractivity contribution is -0.137. The maximum absolute atomic E-state index is 10.2. The van der Waals surface area contributed by atoms with E-state index in [1.807, 2.05) is 6.08 Å². The van der Waals surface area contributed by atoms with Crippen LogP contribution < -0.4 is 0 Å². The van der Waals surface area contributed by atoms with Crippen LogP contribution in [0.3, 0.4) is 0 Å². The van der Waals surface area contributed by atoms with Gasteiger partial charge >= 0.3 is 5.97 Å². The SMILES string of the molecule is C=CC(C)(C)CCCCCCC(=O)O. The van der Waals surface area contributed by atoms with Gasteiger partial charge in [0.2, 0.25) is 0 Å². The van der Waals surface area contributed by atoms with E-state index in [4.69, 9.17) is 5.11 Å². The molecule has 0 amide bonds. The first kappa shape index (κ1) is 13.2. The average Bonchev–Trinajstić information content (AvgIpc) is 2.10. The predicted octanol–water partition coefficient (Wildman–Crippen LogP) is 3.62. The zero-order valence-electron chi connectivity index (χ0n) is 9.38. The van der Waals surface area contributed by atoms with Gasteiger partial charge in [0.05, 0.1) is 0 Å². The summed E-state index contributed by atoms with van der Waals surface area (Å²) in [5.41, 5.74) is 0.229. The summed E-state index contributed by atoms with van der Waals surface area (Å²) in [7, 11) is 0. The Balaban J connectivity index is 3.30. The molecule has 0 radical (unpaired) electrons. The topological polar surface area (TPSA) is 37.3 Å². The van der Waals surface area contributed by atoms with Crippen LogP contribution in [0.1, 0.15) is 52.4 Å². The van der Waals surface area contributed by atoms with Crippen LogP contribution in [0.15, 0.2) is 12.7 Å². The monoisotopic (exact) mass is 198 g/mol. The van der Waals surface area contributed by atoms with Gasteiger partial charge in [-0.1, -0.05) is 39.2 Å². The number of unbranched alkanes of at least 4 members (excludes halogenated alkanes) is 3. The summed E-state index contributed by atoms with van der Waals surface area (Å²) in [6, 6.07) is 0. The number of carbonyl (C=O) groups is 1. The third-order valence-electron chi connectivity index (χ3n) is 2.51. The number of hydrogen-bond acceptors (Lipinski definition) is 1. The molecule has 1 N–H and O–H groups in total. The summed E-state index contributed by atoms with van der Waals surface area (Å²) >= 11 is 0. The second-order valence-corrected chi connectivity index (χ2v) is 4.50. The molecule has 14 heavy (non-hydrogen) atoms. The Morgan fingerprint density at radius 1 is 1.29 bits per heavy atom. The van der Waals surface area contributed by atoms with Crippen LogP contribution in [0.5, 0.6) is 0 Å². The van der Waals surface area contributed by atoms with Gasteiger partial charge in [-0.05, 0) is 18.3 Å². The molecule has 2 nitrogen and oxygen atoms in total. The van der Waals surface area contributed by atoms with E-state index in [-0.39, 0.29) is 5.41 Å². The van der Waals surface area contributed by atoms with Crippen molar-refractivity contribution in [2.24, 2.45) is 5.41 Å². The van der Waals surface area contributed by atoms with Crippen LogP contribution >= 0.6 is 0 Å². The first-order valence-electron chi connectivity index (χ1n) is 5.33. The minimum Gasteiger partial charge on any atom is -0.481 e.